The van der Waals surface area contributed by atoms with Gasteiger partial charge in [-0.15, -0.1) is 0 Å². The minimum Gasteiger partial charge on any atom is -0.387 e. The van der Waals surface area contributed by atoms with E-state index in [4.69, 9.17) is 5.26 Å². The highest BCUT2D eigenvalue weighted by Crippen LogP contribution is 2.46. The van der Waals surface area contributed by atoms with Crippen LogP contribution in [0.3, 0.4) is 0 Å². The van der Waals surface area contributed by atoms with Crippen LogP contribution < -0.4 is 4.90 Å². The summed E-state index contributed by atoms with van der Waals surface area (Å²) in [6.07, 6.45) is -4.70. The number of rotatable bonds is 1. The third kappa shape index (κ3) is 2.38. The van der Waals surface area contributed by atoms with E-state index in [2.05, 4.69) is 0 Å². The number of aliphatic hydroxyl groups is 1. The van der Waals surface area contributed by atoms with Gasteiger partial charge in [-0.25, -0.2) is 0 Å². The molecule has 0 unspecified atom stereocenters. The fourth-order valence-electron chi connectivity index (χ4n) is 2.82. The molecule has 1 saturated heterocycles. The Morgan fingerprint density at radius 2 is 1.87 bits per heavy atom. The summed E-state index contributed by atoms with van der Waals surface area (Å²) in [5, 5.41) is 19.4. The summed E-state index contributed by atoms with van der Waals surface area (Å²) >= 11 is 0. The number of carbonyl (C=O) groups is 1. The van der Waals surface area contributed by atoms with Crippen molar-refractivity contribution in [2.24, 2.45) is 5.41 Å². The number of carbonyl (C=O) groups excluding carboxylic acids is 1. The molecular formula is C16H17F3N2O2. The predicted octanol–water partition coefficient (Wildman–Crippen LogP) is 3.09. The van der Waals surface area contributed by atoms with Crippen LogP contribution in [-0.4, -0.2) is 22.7 Å². The smallest absolute Gasteiger partial charge is 0.387 e. The standard InChI is InChI=1S/C16H17F3N2O2/c1-9-15(4,23)14(2,3)13(22)21(9)11-6-5-10(8-20)12(7-11)16(17,18)19/h5-7,9,23H,1-4H3/t9-,15+/m1/s1. The number of amides is 1. The lowest BCUT2D eigenvalue weighted by Gasteiger charge is -2.33. The quantitative estimate of drug-likeness (QED) is 0.862. The molecule has 4 nitrogen and oxygen atoms in total. The van der Waals surface area contributed by atoms with Gasteiger partial charge in [0.2, 0.25) is 5.91 Å². The van der Waals surface area contributed by atoms with Crippen LogP contribution in [0.25, 0.3) is 0 Å². The molecule has 0 aromatic heterocycles. The lowest BCUT2D eigenvalue weighted by molar-refractivity contribution is -0.138. The summed E-state index contributed by atoms with van der Waals surface area (Å²) in [5.74, 6) is -0.465. The van der Waals surface area contributed by atoms with Crippen LogP contribution in [0.2, 0.25) is 0 Å². The fraction of sp³-hybridized carbons (Fsp3) is 0.500. The highest BCUT2D eigenvalue weighted by Gasteiger charge is 2.59. The molecule has 0 saturated carbocycles. The van der Waals surface area contributed by atoms with Gasteiger partial charge in [-0.3, -0.25) is 4.79 Å². The molecule has 0 bridgehead atoms. The Bertz CT molecular complexity index is 702. The number of alkyl halides is 3. The van der Waals surface area contributed by atoms with Crippen molar-refractivity contribution in [3.63, 3.8) is 0 Å². The minimum absolute atomic E-state index is 0.0136. The summed E-state index contributed by atoms with van der Waals surface area (Å²) in [6, 6.07) is 3.91. The van der Waals surface area contributed by atoms with Gasteiger partial charge in [0.1, 0.15) is 0 Å². The Labute approximate surface area is 132 Å². The van der Waals surface area contributed by atoms with Crippen LogP contribution in [-0.2, 0) is 11.0 Å². The first-order valence-electron chi connectivity index (χ1n) is 7.03. The van der Waals surface area contributed by atoms with E-state index >= 15 is 0 Å². The summed E-state index contributed by atoms with van der Waals surface area (Å²) in [5.41, 5.74) is -4.14. The Hall–Kier alpha value is -2.07. The summed E-state index contributed by atoms with van der Waals surface area (Å²) < 4.78 is 39.3. The van der Waals surface area contributed by atoms with Gasteiger partial charge in [0.25, 0.3) is 0 Å². The van der Waals surface area contributed by atoms with Crippen LogP contribution in [0.1, 0.15) is 38.8 Å². The fourth-order valence-corrected chi connectivity index (χ4v) is 2.82. The van der Waals surface area contributed by atoms with E-state index in [0.29, 0.717) is 0 Å². The van der Waals surface area contributed by atoms with Gasteiger partial charge in [-0.1, -0.05) is 0 Å². The topological polar surface area (TPSA) is 64.3 Å². The van der Waals surface area contributed by atoms with Gasteiger partial charge >= 0.3 is 6.18 Å². The number of halogens is 3. The van der Waals surface area contributed by atoms with Crippen molar-refractivity contribution in [2.45, 2.75) is 45.5 Å². The second kappa shape index (κ2) is 4.96. The molecule has 1 N–H and O–H groups in total. The second-order valence-electron chi connectivity index (χ2n) is 6.46. The number of nitrogens with zero attached hydrogens (tertiary/aromatic N) is 2. The molecule has 2 atom stereocenters. The normalized spacial score (nSPS) is 27.2. The van der Waals surface area contributed by atoms with Gasteiger partial charge < -0.3 is 10.0 Å². The molecule has 0 spiro atoms. The van der Waals surface area contributed by atoms with Crippen molar-refractivity contribution < 1.29 is 23.1 Å². The van der Waals surface area contributed by atoms with Crippen molar-refractivity contribution >= 4 is 11.6 Å². The molecule has 1 aromatic rings. The lowest BCUT2D eigenvalue weighted by atomic mass is 9.76. The van der Waals surface area contributed by atoms with Crippen LogP contribution in [0.15, 0.2) is 18.2 Å². The van der Waals surface area contributed by atoms with E-state index in [1.165, 1.54) is 19.1 Å². The minimum atomic E-state index is -4.70. The number of benzene rings is 1. The zero-order chi connectivity index (χ0) is 17.8. The maximum absolute atomic E-state index is 13.1. The largest absolute Gasteiger partial charge is 0.417 e. The van der Waals surface area contributed by atoms with Crippen LogP contribution in [0, 0.1) is 16.7 Å². The van der Waals surface area contributed by atoms with Crippen molar-refractivity contribution in [1.29, 1.82) is 5.26 Å². The zero-order valence-electron chi connectivity index (χ0n) is 13.2. The van der Waals surface area contributed by atoms with E-state index in [1.807, 2.05) is 0 Å². The lowest BCUT2D eigenvalue weighted by Crippen LogP contribution is -2.46. The average molecular weight is 326 g/mol. The van der Waals surface area contributed by atoms with Gasteiger partial charge in [-0.2, -0.15) is 18.4 Å². The summed E-state index contributed by atoms with van der Waals surface area (Å²) in [6.45, 7) is 6.18. The molecule has 23 heavy (non-hydrogen) atoms. The first-order valence-corrected chi connectivity index (χ1v) is 7.03. The molecule has 1 fully saturated rings. The molecule has 1 heterocycles. The van der Waals surface area contributed by atoms with Crippen molar-refractivity contribution in [2.75, 3.05) is 4.90 Å². The number of hydrogen-bond acceptors (Lipinski definition) is 3. The third-order valence-electron chi connectivity index (χ3n) is 4.93. The molecule has 1 amide bonds. The Morgan fingerprint density at radius 1 is 1.30 bits per heavy atom. The van der Waals surface area contributed by atoms with E-state index in [9.17, 15) is 23.1 Å². The Morgan fingerprint density at radius 3 is 2.26 bits per heavy atom. The zero-order valence-corrected chi connectivity index (χ0v) is 13.2. The van der Waals surface area contributed by atoms with Crippen molar-refractivity contribution in [1.82, 2.24) is 0 Å². The third-order valence-corrected chi connectivity index (χ3v) is 4.93. The van der Waals surface area contributed by atoms with Crippen LogP contribution >= 0.6 is 0 Å². The number of nitriles is 1. The molecule has 1 aliphatic heterocycles. The highest BCUT2D eigenvalue weighted by molar-refractivity contribution is 6.02. The van der Waals surface area contributed by atoms with E-state index < -0.39 is 40.3 Å². The van der Waals surface area contributed by atoms with E-state index in [0.717, 1.165) is 17.0 Å². The van der Waals surface area contributed by atoms with Gasteiger partial charge in [0.15, 0.2) is 0 Å². The van der Waals surface area contributed by atoms with Crippen molar-refractivity contribution in [3.05, 3.63) is 29.3 Å². The van der Waals surface area contributed by atoms with Crippen molar-refractivity contribution in [3.8, 4) is 6.07 Å². The Kier molecular flexibility index (Phi) is 3.73. The van der Waals surface area contributed by atoms with Gasteiger partial charge in [-0.05, 0) is 45.9 Å². The molecule has 0 aliphatic carbocycles. The molecule has 7 heteroatoms. The predicted molar refractivity (Wildman–Crippen MR) is 77.5 cm³/mol. The molecule has 2 rings (SSSR count). The molecule has 1 aliphatic rings. The monoisotopic (exact) mass is 326 g/mol. The maximum Gasteiger partial charge on any atom is 0.417 e. The van der Waals surface area contributed by atoms with Crippen LogP contribution in [0.5, 0.6) is 0 Å². The first-order chi connectivity index (χ1) is 10.4. The highest BCUT2D eigenvalue weighted by atomic mass is 19.4. The van der Waals surface area contributed by atoms with Crippen LogP contribution in [0.4, 0.5) is 18.9 Å². The summed E-state index contributed by atoms with van der Waals surface area (Å²) in [7, 11) is 0. The second-order valence-corrected chi connectivity index (χ2v) is 6.46. The molecule has 0 radical (unpaired) electrons. The number of anilines is 1. The summed E-state index contributed by atoms with van der Waals surface area (Å²) in [4.78, 5) is 13.8. The van der Waals surface area contributed by atoms with Gasteiger partial charge in [0, 0.05) is 5.69 Å². The number of hydrogen-bond donors (Lipinski definition) is 1. The maximum atomic E-state index is 13.1. The molecular weight excluding hydrogens is 309 g/mol. The SMILES string of the molecule is C[C@H]1N(c2ccc(C#N)c(C(F)(F)F)c2)C(=O)C(C)(C)[C@@]1(C)O. The van der Waals surface area contributed by atoms with E-state index in [-0.39, 0.29) is 5.69 Å². The first kappa shape index (κ1) is 17.3. The average Bonchev–Trinajstić information content (AvgIpc) is 2.56. The molecule has 124 valence electrons. The van der Waals surface area contributed by atoms with Gasteiger partial charge in [0.05, 0.1) is 34.3 Å². The van der Waals surface area contributed by atoms with E-state index in [1.54, 1.807) is 20.8 Å². The molecule has 1 aromatic carbocycles. The Balaban J connectivity index is 2.61.